The Bertz CT molecular complexity index is 731. The molecule has 0 spiro atoms. The molecule has 0 amide bonds. The highest BCUT2D eigenvalue weighted by Gasteiger charge is 2.50. The monoisotopic (exact) mass is 398 g/mol. The molecule has 3 rings (SSSR count). The van der Waals surface area contributed by atoms with Crippen molar-refractivity contribution in [3.63, 3.8) is 0 Å². The molecule has 2 aromatic rings. The summed E-state index contributed by atoms with van der Waals surface area (Å²) in [5.41, 5.74) is 0. The van der Waals surface area contributed by atoms with Crippen molar-refractivity contribution in [2.45, 2.75) is 44.3 Å². The van der Waals surface area contributed by atoms with Gasteiger partial charge in [0.1, 0.15) is 12.2 Å². The average molecular weight is 399 g/mol. The molecule has 1 heterocycles. The number of hydrogen-bond donors (Lipinski definition) is 1. The number of aliphatic hydroxyl groups excluding tert-OH is 1. The van der Waals surface area contributed by atoms with Crippen molar-refractivity contribution in [3.8, 4) is 0 Å². The second-order valence-corrected chi connectivity index (χ2v) is 12.4. The highest BCUT2D eigenvalue weighted by molar-refractivity contribution is 6.99. The number of rotatable bonds is 6. The zero-order valence-corrected chi connectivity index (χ0v) is 18.0. The van der Waals surface area contributed by atoms with E-state index in [1.165, 1.54) is 10.4 Å². The molecule has 150 valence electrons. The van der Waals surface area contributed by atoms with Crippen molar-refractivity contribution >= 4 is 18.7 Å². The summed E-state index contributed by atoms with van der Waals surface area (Å²) in [4.78, 5) is 0. The van der Waals surface area contributed by atoms with Gasteiger partial charge in [0.2, 0.25) is 0 Å². The number of ether oxygens (including phenoxy) is 2. The first kappa shape index (κ1) is 21.0. The van der Waals surface area contributed by atoms with Gasteiger partial charge in [-0.1, -0.05) is 87.5 Å². The summed E-state index contributed by atoms with van der Waals surface area (Å²) in [5.74, 6) is 0. The molecule has 0 bridgehead atoms. The number of benzene rings is 2. The van der Waals surface area contributed by atoms with Gasteiger partial charge in [-0.2, -0.15) is 0 Å². The van der Waals surface area contributed by atoms with E-state index in [1.807, 2.05) is 12.1 Å². The van der Waals surface area contributed by atoms with Gasteiger partial charge < -0.3 is 19.0 Å². The molecule has 0 radical (unpaired) electrons. The Morgan fingerprint density at radius 1 is 0.929 bits per heavy atom. The van der Waals surface area contributed by atoms with Crippen molar-refractivity contribution in [1.29, 1.82) is 0 Å². The molecule has 0 aromatic heterocycles. The second-order valence-electron chi connectivity index (χ2n) is 8.13. The maximum atomic E-state index is 10.4. The van der Waals surface area contributed by atoms with Gasteiger partial charge in [0.25, 0.3) is 8.32 Å². The Labute approximate surface area is 168 Å². The van der Waals surface area contributed by atoms with Gasteiger partial charge in [0.15, 0.2) is 6.29 Å². The lowest BCUT2D eigenvalue weighted by atomic mass is 10.1. The molecule has 1 N–H and O–H groups in total. The third-order valence-corrected chi connectivity index (χ3v) is 10.3. The topological polar surface area (TPSA) is 47.9 Å². The highest BCUT2D eigenvalue weighted by Crippen LogP contribution is 2.37. The SMILES string of the molecule is CO[C@H]1C=C[C@H](O)[C@H](CO[Si](c2ccccc2)(c2ccccc2)C(C)(C)C)O1. The van der Waals surface area contributed by atoms with Crippen LogP contribution in [0.1, 0.15) is 20.8 Å². The lowest BCUT2D eigenvalue weighted by Crippen LogP contribution is -2.67. The molecule has 0 saturated heterocycles. The third kappa shape index (κ3) is 4.14. The molecule has 4 nitrogen and oxygen atoms in total. The first-order valence-electron chi connectivity index (χ1n) is 9.68. The van der Waals surface area contributed by atoms with Crippen molar-refractivity contribution in [1.82, 2.24) is 0 Å². The van der Waals surface area contributed by atoms with Crippen LogP contribution in [-0.4, -0.2) is 45.6 Å². The van der Waals surface area contributed by atoms with Crippen LogP contribution in [0.15, 0.2) is 72.8 Å². The van der Waals surface area contributed by atoms with E-state index in [0.717, 1.165) is 0 Å². The van der Waals surface area contributed by atoms with Crippen LogP contribution >= 0.6 is 0 Å². The van der Waals surface area contributed by atoms with Crippen LogP contribution in [0.4, 0.5) is 0 Å². The molecule has 1 aliphatic rings. The fourth-order valence-corrected chi connectivity index (χ4v) is 8.44. The average Bonchev–Trinajstić information content (AvgIpc) is 2.70. The van der Waals surface area contributed by atoms with Crippen LogP contribution in [0.25, 0.3) is 0 Å². The smallest absolute Gasteiger partial charge is 0.261 e. The van der Waals surface area contributed by atoms with Crippen LogP contribution < -0.4 is 10.4 Å². The lowest BCUT2D eigenvalue weighted by Gasteiger charge is -2.44. The van der Waals surface area contributed by atoms with Crippen LogP contribution in [0, 0.1) is 0 Å². The molecular formula is C23H30O4Si. The van der Waals surface area contributed by atoms with Gasteiger partial charge in [0, 0.05) is 7.11 Å². The van der Waals surface area contributed by atoms with Gasteiger partial charge in [-0.15, -0.1) is 0 Å². The van der Waals surface area contributed by atoms with Gasteiger partial charge in [0.05, 0.1) is 6.61 Å². The Morgan fingerprint density at radius 2 is 1.46 bits per heavy atom. The summed E-state index contributed by atoms with van der Waals surface area (Å²) in [5, 5.41) is 12.7. The number of aliphatic hydroxyl groups is 1. The highest BCUT2D eigenvalue weighted by atomic mass is 28.4. The van der Waals surface area contributed by atoms with Crippen molar-refractivity contribution in [2.75, 3.05) is 13.7 Å². The summed E-state index contributed by atoms with van der Waals surface area (Å²) < 4.78 is 18.0. The quantitative estimate of drug-likeness (QED) is 0.600. The second kappa shape index (κ2) is 8.72. The molecule has 2 aromatic carbocycles. The van der Waals surface area contributed by atoms with Crippen molar-refractivity contribution in [3.05, 3.63) is 72.8 Å². The minimum absolute atomic E-state index is 0.119. The molecule has 0 fully saturated rings. The largest absolute Gasteiger partial charge is 0.405 e. The maximum absolute atomic E-state index is 10.4. The lowest BCUT2D eigenvalue weighted by molar-refractivity contribution is -0.166. The Balaban J connectivity index is 2.00. The molecule has 0 aliphatic carbocycles. The van der Waals surface area contributed by atoms with E-state index >= 15 is 0 Å². The normalized spacial score (nSPS) is 23.0. The van der Waals surface area contributed by atoms with E-state index in [2.05, 4.69) is 69.3 Å². The van der Waals surface area contributed by atoms with Gasteiger partial charge in [-0.25, -0.2) is 0 Å². The molecule has 1 aliphatic heterocycles. The fraction of sp³-hybridized carbons (Fsp3) is 0.391. The minimum atomic E-state index is -2.65. The Morgan fingerprint density at radius 3 is 1.93 bits per heavy atom. The first-order chi connectivity index (χ1) is 13.4. The van der Waals surface area contributed by atoms with E-state index in [1.54, 1.807) is 19.3 Å². The molecule has 3 atom stereocenters. The molecule has 28 heavy (non-hydrogen) atoms. The van der Waals surface area contributed by atoms with E-state index in [0.29, 0.717) is 6.61 Å². The maximum Gasteiger partial charge on any atom is 0.261 e. The van der Waals surface area contributed by atoms with Crippen molar-refractivity contribution in [2.24, 2.45) is 0 Å². The summed E-state index contributed by atoms with van der Waals surface area (Å²) in [7, 11) is -1.06. The zero-order valence-electron chi connectivity index (χ0n) is 17.0. The summed E-state index contributed by atoms with van der Waals surface area (Å²) >= 11 is 0. The molecule has 0 unspecified atom stereocenters. The molecular weight excluding hydrogens is 368 g/mol. The zero-order chi connectivity index (χ0) is 20.2. The summed E-state index contributed by atoms with van der Waals surface area (Å²) in [6, 6.07) is 20.9. The fourth-order valence-electron chi connectivity index (χ4n) is 3.87. The molecule has 0 saturated carbocycles. The van der Waals surface area contributed by atoms with Crippen LogP contribution in [0.3, 0.4) is 0 Å². The summed E-state index contributed by atoms with van der Waals surface area (Å²) in [6.07, 6.45) is 1.79. The minimum Gasteiger partial charge on any atom is -0.405 e. The van der Waals surface area contributed by atoms with E-state index in [-0.39, 0.29) is 5.04 Å². The number of methoxy groups -OCH3 is 1. The van der Waals surface area contributed by atoms with Crippen LogP contribution in [0.2, 0.25) is 5.04 Å². The van der Waals surface area contributed by atoms with Crippen molar-refractivity contribution < 1.29 is 19.0 Å². The van der Waals surface area contributed by atoms with E-state index < -0.39 is 26.8 Å². The van der Waals surface area contributed by atoms with Crippen LogP contribution in [0.5, 0.6) is 0 Å². The molecule has 5 heteroatoms. The van der Waals surface area contributed by atoms with Crippen LogP contribution in [-0.2, 0) is 13.9 Å². The van der Waals surface area contributed by atoms with Gasteiger partial charge >= 0.3 is 0 Å². The third-order valence-electron chi connectivity index (χ3n) is 5.27. The Hall–Kier alpha value is -1.76. The predicted octanol–water partition coefficient (Wildman–Crippen LogP) is 2.85. The van der Waals surface area contributed by atoms with E-state index in [4.69, 9.17) is 13.9 Å². The van der Waals surface area contributed by atoms with Gasteiger partial charge in [-0.05, 0) is 21.5 Å². The first-order valence-corrected chi connectivity index (χ1v) is 11.6. The summed E-state index contributed by atoms with van der Waals surface area (Å²) in [6.45, 7) is 6.98. The number of hydrogen-bond acceptors (Lipinski definition) is 4. The van der Waals surface area contributed by atoms with E-state index in [9.17, 15) is 5.11 Å². The van der Waals surface area contributed by atoms with Gasteiger partial charge in [-0.3, -0.25) is 0 Å². The predicted molar refractivity (Wildman–Crippen MR) is 114 cm³/mol. The standard InChI is InChI=1S/C23H30O4Si/c1-23(2,3)28(18-11-7-5-8-12-18,19-13-9-6-10-14-19)26-17-21-20(24)15-16-22(25-4)27-21/h5-16,20-22,24H,17H2,1-4H3/t20-,21-,22+/m0/s1. The Kier molecular flexibility index (Phi) is 6.53.